The number of carbonyl (C=O) groups is 2. The highest BCUT2D eigenvalue weighted by atomic mass is 19.4. The van der Waals surface area contributed by atoms with Crippen molar-refractivity contribution in [2.24, 2.45) is 11.6 Å². The molecule has 0 aliphatic heterocycles. The van der Waals surface area contributed by atoms with Crippen molar-refractivity contribution in [3.63, 3.8) is 0 Å². The topological polar surface area (TPSA) is 110 Å². The van der Waals surface area contributed by atoms with Crippen molar-refractivity contribution >= 4 is 17.5 Å². The number of amides is 2. The molecule has 21 heavy (non-hydrogen) atoms. The fourth-order valence-corrected chi connectivity index (χ4v) is 1.59. The predicted octanol–water partition coefficient (Wildman–Crippen LogP) is 0.986. The lowest BCUT2D eigenvalue weighted by molar-refractivity contribution is -0.137. The molecule has 0 bridgehead atoms. The summed E-state index contributed by atoms with van der Waals surface area (Å²) in [5.74, 6) is 3.93. The lowest BCUT2D eigenvalue weighted by Gasteiger charge is -2.13. The number of nitrogens with two attached hydrogens (primary N) is 2. The summed E-state index contributed by atoms with van der Waals surface area (Å²) in [6.07, 6.45) is -4.19. The maximum atomic E-state index is 12.6. The molecule has 1 aromatic carbocycles. The quantitative estimate of drug-likeness (QED) is 0.357. The van der Waals surface area contributed by atoms with E-state index < -0.39 is 23.6 Å². The van der Waals surface area contributed by atoms with E-state index in [1.807, 2.05) is 0 Å². The van der Waals surface area contributed by atoms with Crippen LogP contribution in [0.25, 0.3) is 0 Å². The van der Waals surface area contributed by atoms with Crippen LogP contribution in [0.4, 0.5) is 18.9 Å². The third-order valence-electron chi connectivity index (χ3n) is 2.63. The molecule has 6 N–H and O–H groups in total. The van der Waals surface area contributed by atoms with Gasteiger partial charge in [0, 0.05) is 13.0 Å². The first-order valence-corrected chi connectivity index (χ1v) is 6.00. The number of nitrogen functional groups attached to an aromatic ring is 1. The van der Waals surface area contributed by atoms with Crippen LogP contribution in [0.15, 0.2) is 18.2 Å². The summed E-state index contributed by atoms with van der Waals surface area (Å²) in [6, 6.07) is 2.60. The first-order chi connectivity index (χ1) is 9.75. The summed E-state index contributed by atoms with van der Waals surface area (Å²) >= 11 is 0. The van der Waals surface area contributed by atoms with Gasteiger partial charge in [0.25, 0.3) is 5.91 Å². The summed E-state index contributed by atoms with van der Waals surface area (Å²) in [6.45, 7) is 0.113. The van der Waals surface area contributed by atoms with E-state index in [0.29, 0.717) is 12.5 Å². The van der Waals surface area contributed by atoms with Crippen molar-refractivity contribution in [3.05, 3.63) is 29.3 Å². The zero-order chi connectivity index (χ0) is 16.0. The highest BCUT2D eigenvalue weighted by Gasteiger charge is 2.31. The number of carbonyl (C=O) groups excluding carboxylic acids is 2. The van der Waals surface area contributed by atoms with E-state index in [4.69, 9.17) is 11.6 Å². The first kappa shape index (κ1) is 16.8. The Morgan fingerprint density at radius 2 is 1.90 bits per heavy atom. The number of halogens is 3. The number of nitrogens with one attached hydrogen (secondary N) is 2. The van der Waals surface area contributed by atoms with Gasteiger partial charge in [0.1, 0.15) is 0 Å². The van der Waals surface area contributed by atoms with Crippen LogP contribution in [0.1, 0.15) is 28.8 Å². The Kier molecular flexibility index (Phi) is 5.53. The molecule has 116 valence electrons. The van der Waals surface area contributed by atoms with Crippen molar-refractivity contribution < 1.29 is 22.8 Å². The number of alkyl halides is 3. The van der Waals surface area contributed by atoms with Gasteiger partial charge < -0.3 is 16.5 Å². The number of primary amides is 1. The second kappa shape index (κ2) is 6.93. The number of hydrogen-bond acceptors (Lipinski definition) is 4. The summed E-state index contributed by atoms with van der Waals surface area (Å²) in [7, 11) is 0. The molecule has 0 atom stereocenters. The number of rotatable bonds is 6. The zero-order valence-corrected chi connectivity index (χ0v) is 11.0. The van der Waals surface area contributed by atoms with Crippen LogP contribution < -0.4 is 22.3 Å². The van der Waals surface area contributed by atoms with Gasteiger partial charge in [-0.1, -0.05) is 0 Å². The van der Waals surface area contributed by atoms with Crippen molar-refractivity contribution in [2.75, 3.05) is 12.0 Å². The fourth-order valence-electron chi connectivity index (χ4n) is 1.59. The van der Waals surface area contributed by atoms with Crippen LogP contribution >= 0.6 is 0 Å². The fraction of sp³-hybridized carbons (Fsp3) is 0.333. The number of hydrogen-bond donors (Lipinski definition) is 4. The highest BCUT2D eigenvalue weighted by Crippen LogP contribution is 2.31. The minimum Gasteiger partial charge on any atom is -0.370 e. The molecule has 0 aliphatic carbocycles. The molecular weight excluding hydrogens is 289 g/mol. The monoisotopic (exact) mass is 304 g/mol. The van der Waals surface area contributed by atoms with Crippen molar-refractivity contribution in [2.45, 2.75) is 19.0 Å². The van der Waals surface area contributed by atoms with Crippen LogP contribution in [-0.2, 0) is 11.0 Å². The van der Waals surface area contributed by atoms with Crippen molar-refractivity contribution in [1.82, 2.24) is 5.32 Å². The SMILES string of the molecule is NNc1ccc(C(F)(F)F)cc1C(=O)NCCCC(N)=O. The molecule has 0 saturated heterocycles. The lowest BCUT2D eigenvalue weighted by atomic mass is 10.1. The lowest BCUT2D eigenvalue weighted by Crippen LogP contribution is -2.27. The maximum absolute atomic E-state index is 12.6. The summed E-state index contributed by atoms with van der Waals surface area (Å²) in [5.41, 5.74) is 5.97. The molecule has 0 radical (unpaired) electrons. The smallest absolute Gasteiger partial charge is 0.370 e. The van der Waals surface area contributed by atoms with Crippen LogP contribution in [0.3, 0.4) is 0 Å². The standard InChI is InChI=1S/C12H15F3N4O2/c13-12(14,15)7-3-4-9(19-17)8(6-7)11(21)18-5-1-2-10(16)20/h3-4,6,19H,1-2,5,17H2,(H2,16,20)(H,18,21). The minimum atomic E-state index is -4.56. The van der Waals surface area contributed by atoms with E-state index in [1.165, 1.54) is 0 Å². The largest absolute Gasteiger partial charge is 0.416 e. The second-order valence-electron chi connectivity index (χ2n) is 4.23. The van der Waals surface area contributed by atoms with E-state index in [2.05, 4.69) is 10.7 Å². The van der Waals surface area contributed by atoms with E-state index >= 15 is 0 Å². The Morgan fingerprint density at radius 1 is 1.24 bits per heavy atom. The Labute approximate surface area is 118 Å². The number of hydrazine groups is 1. The van der Waals surface area contributed by atoms with Gasteiger partial charge in [0.05, 0.1) is 16.8 Å². The molecule has 0 heterocycles. The van der Waals surface area contributed by atoms with Gasteiger partial charge in [-0.3, -0.25) is 15.4 Å². The third kappa shape index (κ3) is 4.95. The molecule has 0 aliphatic rings. The van der Waals surface area contributed by atoms with Gasteiger partial charge in [0.2, 0.25) is 5.91 Å². The van der Waals surface area contributed by atoms with Gasteiger partial charge >= 0.3 is 6.18 Å². The molecule has 0 saturated carbocycles. The van der Waals surface area contributed by atoms with E-state index in [0.717, 1.165) is 12.1 Å². The molecule has 2 amide bonds. The molecule has 0 unspecified atom stereocenters. The van der Waals surface area contributed by atoms with Gasteiger partial charge in [-0.05, 0) is 24.6 Å². The van der Waals surface area contributed by atoms with Crippen LogP contribution in [0.5, 0.6) is 0 Å². The Hall–Kier alpha value is -2.29. The molecule has 6 nitrogen and oxygen atoms in total. The molecular formula is C12H15F3N4O2. The summed E-state index contributed by atoms with van der Waals surface area (Å²) < 4.78 is 37.9. The number of benzene rings is 1. The third-order valence-corrected chi connectivity index (χ3v) is 2.63. The molecule has 0 spiro atoms. The Bertz CT molecular complexity index is 532. The van der Waals surface area contributed by atoms with Crippen molar-refractivity contribution in [1.29, 1.82) is 0 Å². The molecule has 0 fully saturated rings. The van der Waals surface area contributed by atoms with Crippen LogP contribution in [-0.4, -0.2) is 18.4 Å². The zero-order valence-electron chi connectivity index (χ0n) is 11.0. The molecule has 1 aromatic rings. The predicted molar refractivity (Wildman–Crippen MR) is 70.0 cm³/mol. The minimum absolute atomic E-state index is 0.0652. The molecule has 9 heteroatoms. The van der Waals surface area contributed by atoms with Gasteiger partial charge in [-0.2, -0.15) is 13.2 Å². The van der Waals surface area contributed by atoms with E-state index in [9.17, 15) is 22.8 Å². The Morgan fingerprint density at radius 3 is 2.43 bits per heavy atom. The average molecular weight is 304 g/mol. The van der Waals surface area contributed by atoms with Gasteiger partial charge in [0.15, 0.2) is 0 Å². The first-order valence-electron chi connectivity index (χ1n) is 6.00. The maximum Gasteiger partial charge on any atom is 0.416 e. The van der Waals surface area contributed by atoms with E-state index in [1.54, 1.807) is 0 Å². The molecule has 0 aromatic heterocycles. The van der Waals surface area contributed by atoms with Crippen LogP contribution in [0.2, 0.25) is 0 Å². The van der Waals surface area contributed by atoms with Gasteiger partial charge in [-0.15, -0.1) is 0 Å². The normalized spacial score (nSPS) is 11.0. The van der Waals surface area contributed by atoms with E-state index in [-0.39, 0.29) is 24.2 Å². The van der Waals surface area contributed by atoms with Crippen LogP contribution in [0, 0.1) is 0 Å². The van der Waals surface area contributed by atoms with Gasteiger partial charge in [-0.25, -0.2) is 0 Å². The summed E-state index contributed by atoms with van der Waals surface area (Å²) in [4.78, 5) is 22.4. The summed E-state index contributed by atoms with van der Waals surface area (Å²) in [5, 5.41) is 2.40. The Balaban J connectivity index is 2.83. The highest BCUT2D eigenvalue weighted by molar-refractivity contribution is 5.99. The number of anilines is 1. The molecule has 1 rings (SSSR count). The van der Waals surface area contributed by atoms with Crippen molar-refractivity contribution in [3.8, 4) is 0 Å². The second-order valence-corrected chi connectivity index (χ2v) is 4.23. The average Bonchev–Trinajstić information content (AvgIpc) is 2.41.